The van der Waals surface area contributed by atoms with Crippen molar-refractivity contribution in [1.82, 2.24) is 19.8 Å². The van der Waals surface area contributed by atoms with Gasteiger partial charge >= 0.3 is 0 Å². The van der Waals surface area contributed by atoms with Crippen LogP contribution in [0.15, 0.2) is 30.5 Å². The van der Waals surface area contributed by atoms with Crippen molar-refractivity contribution in [2.24, 2.45) is 0 Å². The highest BCUT2D eigenvalue weighted by atomic mass is 16.3. The van der Waals surface area contributed by atoms with Crippen LogP contribution in [-0.2, 0) is 6.42 Å². The molecule has 1 aromatic heterocycles. The monoisotopic (exact) mass is 409 g/mol. The predicted octanol–water partition coefficient (Wildman–Crippen LogP) is 3.41. The van der Waals surface area contributed by atoms with Crippen molar-refractivity contribution in [3.63, 3.8) is 0 Å². The lowest BCUT2D eigenvalue weighted by atomic mass is 10.2. The van der Waals surface area contributed by atoms with Gasteiger partial charge in [-0.25, -0.2) is 9.97 Å². The van der Waals surface area contributed by atoms with E-state index in [1.165, 1.54) is 70.4 Å². The molecule has 0 amide bonds. The molecule has 6 heteroatoms. The van der Waals surface area contributed by atoms with Crippen LogP contribution in [0.5, 0.6) is 5.75 Å². The summed E-state index contributed by atoms with van der Waals surface area (Å²) in [5, 5.41) is 9.43. The van der Waals surface area contributed by atoms with Crippen LogP contribution in [0.25, 0.3) is 11.4 Å². The third-order valence-electron chi connectivity index (χ3n) is 6.35. The Balaban J connectivity index is 0.000000313. The van der Waals surface area contributed by atoms with Gasteiger partial charge in [0.2, 0.25) is 0 Å². The topological polar surface area (TPSA) is 55.7 Å². The molecular weight excluding hydrogens is 374 g/mol. The Morgan fingerprint density at radius 1 is 0.900 bits per heavy atom. The van der Waals surface area contributed by atoms with E-state index in [4.69, 9.17) is 4.98 Å². The molecule has 0 atom stereocenters. The van der Waals surface area contributed by atoms with Gasteiger partial charge < -0.3 is 19.8 Å². The summed E-state index contributed by atoms with van der Waals surface area (Å²) in [5.41, 5.74) is 2.19. The van der Waals surface area contributed by atoms with Crippen molar-refractivity contribution >= 4 is 5.82 Å². The van der Waals surface area contributed by atoms with Gasteiger partial charge in [-0.3, -0.25) is 0 Å². The average Bonchev–Trinajstić information content (AvgIpc) is 3.52. The molecule has 5 rings (SSSR count). The quantitative estimate of drug-likeness (QED) is 0.817. The summed E-state index contributed by atoms with van der Waals surface area (Å²) in [6.45, 7) is 8.48. The lowest BCUT2D eigenvalue weighted by Gasteiger charge is -2.21. The number of phenols is 1. The minimum absolute atomic E-state index is 0.267. The van der Waals surface area contributed by atoms with E-state index in [0.717, 1.165) is 36.7 Å². The number of phenolic OH excluding ortho intramolecular Hbond substituents is 1. The molecule has 3 aliphatic heterocycles. The number of rotatable bonds is 5. The number of aromatic nitrogens is 2. The van der Waals surface area contributed by atoms with Crippen molar-refractivity contribution in [3.05, 3.63) is 36.0 Å². The molecule has 162 valence electrons. The number of likely N-dealkylation sites (tertiary alicyclic amines) is 2. The standard InChI is InChI=1S/C19H24N4O.C5H11N/c24-17-6-4-15(5-7-17)18-20-14-16-8-13-23(19(16)21-18)12-3-11-22-9-1-2-10-22;1-6-4-2-3-5-6/h4-7,14,24H,1-3,8-13H2;2-5H2,1H3. The first-order chi connectivity index (χ1) is 14.7. The molecule has 4 heterocycles. The summed E-state index contributed by atoms with van der Waals surface area (Å²) in [6.07, 6.45) is 9.73. The van der Waals surface area contributed by atoms with Crippen molar-refractivity contribution in [3.8, 4) is 17.1 Å². The summed E-state index contributed by atoms with van der Waals surface area (Å²) in [4.78, 5) is 16.6. The maximum absolute atomic E-state index is 9.43. The van der Waals surface area contributed by atoms with E-state index in [1.807, 2.05) is 18.3 Å². The molecule has 2 aromatic rings. The summed E-state index contributed by atoms with van der Waals surface area (Å²) in [7, 11) is 2.17. The molecule has 0 unspecified atom stereocenters. The first-order valence-electron chi connectivity index (χ1n) is 11.5. The highest BCUT2D eigenvalue weighted by Gasteiger charge is 2.22. The van der Waals surface area contributed by atoms with Gasteiger partial charge in [-0.2, -0.15) is 0 Å². The van der Waals surface area contributed by atoms with Crippen LogP contribution in [-0.4, -0.2) is 77.7 Å². The fourth-order valence-electron chi connectivity index (χ4n) is 4.54. The number of anilines is 1. The van der Waals surface area contributed by atoms with Crippen LogP contribution in [0.4, 0.5) is 5.82 Å². The Morgan fingerprint density at radius 3 is 2.27 bits per heavy atom. The van der Waals surface area contributed by atoms with Crippen LogP contribution >= 0.6 is 0 Å². The van der Waals surface area contributed by atoms with Gasteiger partial charge in [0.05, 0.1) is 0 Å². The van der Waals surface area contributed by atoms with Crippen LogP contribution in [0.2, 0.25) is 0 Å². The Hall–Kier alpha value is -2.18. The van der Waals surface area contributed by atoms with Crippen LogP contribution in [0.3, 0.4) is 0 Å². The molecule has 0 saturated carbocycles. The highest BCUT2D eigenvalue weighted by Crippen LogP contribution is 2.28. The number of hydrogen-bond donors (Lipinski definition) is 1. The number of hydrogen-bond acceptors (Lipinski definition) is 6. The molecule has 2 saturated heterocycles. The molecule has 2 fully saturated rings. The third-order valence-corrected chi connectivity index (χ3v) is 6.35. The second kappa shape index (κ2) is 10.2. The fraction of sp³-hybridized carbons (Fsp3) is 0.583. The zero-order valence-corrected chi connectivity index (χ0v) is 18.3. The van der Waals surface area contributed by atoms with E-state index in [0.29, 0.717) is 0 Å². The zero-order valence-electron chi connectivity index (χ0n) is 18.3. The minimum Gasteiger partial charge on any atom is -0.508 e. The van der Waals surface area contributed by atoms with Crippen molar-refractivity contribution < 1.29 is 5.11 Å². The van der Waals surface area contributed by atoms with Gasteiger partial charge in [0.1, 0.15) is 11.6 Å². The van der Waals surface area contributed by atoms with Crippen molar-refractivity contribution in [2.45, 2.75) is 38.5 Å². The molecule has 6 nitrogen and oxygen atoms in total. The maximum Gasteiger partial charge on any atom is 0.161 e. The first kappa shape index (κ1) is 21.1. The summed E-state index contributed by atoms with van der Waals surface area (Å²) >= 11 is 0. The van der Waals surface area contributed by atoms with E-state index in [-0.39, 0.29) is 5.75 Å². The fourth-order valence-corrected chi connectivity index (χ4v) is 4.54. The average molecular weight is 410 g/mol. The number of aromatic hydroxyl groups is 1. The largest absolute Gasteiger partial charge is 0.508 e. The van der Waals surface area contributed by atoms with Crippen LogP contribution < -0.4 is 4.90 Å². The Morgan fingerprint density at radius 2 is 1.60 bits per heavy atom. The van der Waals surface area contributed by atoms with Crippen molar-refractivity contribution in [1.29, 1.82) is 0 Å². The predicted molar refractivity (Wildman–Crippen MR) is 122 cm³/mol. The van der Waals surface area contributed by atoms with E-state index in [9.17, 15) is 5.11 Å². The zero-order chi connectivity index (χ0) is 20.8. The van der Waals surface area contributed by atoms with Gasteiger partial charge in [-0.05, 0) is 103 Å². The lowest BCUT2D eigenvalue weighted by Crippen LogP contribution is -2.28. The number of nitrogens with zero attached hydrogens (tertiary/aromatic N) is 5. The van der Waals surface area contributed by atoms with Crippen LogP contribution in [0.1, 0.15) is 37.7 Å². The van der Waals surface area contributed by atoms with Gasteiger partial charge in [0.15, 0.2) is 5.82 Å². The lowest BCUT2D eigenvalue weighted by molar-refractivity contribution is 0.335. The summed E-state index contributed by atoms with van der Waals surface area (Å²) in [5.74, 6) is 2.10. The molecule has 0 bridgehead atoms. The maximum atomic E-state index is 9.43. The van der Waals surface area contributed by atoms with E-state index < -0.39 is 0 Å². The van der Waals surface area contributed by atoms with Gasteiger partial charge in [0.25, 0.3) is 0 Å². The van der Waals surface area contributed by atoms with Crippen LogP contribution in [0, 0.1) is 0 Å². The minimum atomic E-state index is 0.267. The van der Waals surface area contributed by atoms with Gasteiger partial charge in [-0.1, -0.05) is 0 Å². The molecular formula is C24H35N5O. The Bertz CT molecular complexity index is 798. The number of fused-ring (bicyclic) bond motifs is 1. The molecule has 0 radical (unpaired) electrons. The molecule has 3 aliphatic rings. The molecule has 1 N–H and O–H groups in total. The summed E-state index contributed by atoms with van der Waals surface area (Å²) in [6, 6.07) is 7.09. The first-order valence-corrected chi connectivity index (χ1v) is 11.5. The molecule has 30 heavy (non-hydrogen) atoms. The Kier molecular flexibility index (Phi) is 7.18. The normalized spacial score (nSPS) is 19.0. The summed E-state index contributed by atoms with van der Waals surface area (Å²) < 4.78 is 0. The smallest absolute Gasteiger partial charge is 0.161 e. The van der Waals surface area contributed by atoms with Gasteiger partial charge in [-0.15, -0.1) is 0 Å². The highest BCUT2D eigenvalue weighted by molar-refractivity contribution is 5.61. The van der Waals surface area contributed by atoms with Crippen molar-refractivity contribution in [2.75, 3.05) is 57.8 Å². The molecule has 0 aliphatic carbocycles. The second-order valence-corrected chi connectivity index (χ2v) is 8.74. The van der Waals surface area contributed by atoms with E-state index in [1.54, 1.807) is 12.1 Å². The Labute approximate surface area is 180 Å². The van der Waals surface area contributed by atoms with E-state index >= 15 is 0 Å². The number of benzene rings is 1. The molecule has 1 aromatic carbocycles. The third kappa shape index (κ3) is 5.49. The molecule has 0 spiro atoms. The second-order valence-electron chi connectivity index (χ2n) is 8.74. The van der Waals surface area contributed by atoms with Gasteiger partial charge in [0, 0.05) is 30.4 Å². The SMILES string of the molecule is CN1CCCC1.Oc1ccc(-c2ncc3c(n2)N(CCCN2CCCC2)CC3)cc1. The van der Waals surface area contributed by atoms with E-state index in [2.05, 4.69) is 26.7 Å².